The minimum atomic E-state index is -0.531. The normalized spacial score (nSPS) is 11.4. The van der Waals surface area contributed by atoms with Gasteiger partial charge in [-0.15, -0.1) is 0 Å². The Bertz CT molecular complexity index is 710. The Morgan fingerprint density at radius 1 is 1.11 bits per heavy atom. The molecule has 0 fully saturated rings. The molecule has 0 unspecified atom stereocenters. The van der Waals surface area contributed by atoms with E-state index in [-0.39, 0.29) is 23.7 Å². The van der Waals surface area contributed by atoms with Crippen LogP contribution >= 0.6 is 0 Å². The smallest absolute Gasteiger partial charge is 0.342 e. The quantitative estimate of drug-likeness (QED) is 0.267. The summed E-state index contributed by atoms with van der Waals surface area (Å²) in [6, 6.07) is 1.61. The van der Waals surface area contributed by atoms with Crippen LogP contribution in [0.2, 0.25) is 0 Å². The highest BCUT2D eigenvalue weighted by molar-refractivity contribution is 5.95. The fourth-order valence-electron chi connectivity index (χ4n) is 3.11. The van der Waals surface area contributed by atoms with Crippen molar-refractivity contribution in [2.75, 3.05) is 6.61 Å². The molecule has 28 heavy (non-hydrogen) atoms. The summed E-state index contributed by atoms with van der Waals surface area (Å²) < 4.78 is 5.15. The monoisotopic (exact) mass is 388 g/mol. The highest BCUT2D eigenvalue weighted by Gasteiger charge is 2.23. The highest BCUT2D eigenvalue weighted by Crippen LogP contribution is 2.36. The Hall–Kier alpha value is -2.23. The first kappa shape index (κ1) is 23.8. The van der Waals surface area contributed by atoms with Gasteiger partial charge in [0.05, 0.1) is 6.61 Å². The van der Waals surface area contributed by atoms with Crippen molar-refractivity contribution in [3.8, 4) is 11.5 Å². The van der Waals surface area contributed by atoms with Gasteiger partial charge in [-0.05, 0) is 71.4 Å². The molecule has 4 heteroatoms. The van der Waals surface area contributed by atoms with Crippen molar-refractivity contribution in [2.45, 2.75) is 79.6 Å². The van der Waals surface area contributed by atoms with Crippen molar-refractivity contribution in [1.29, 1.82) is 0 Å². The van der Waals surface area contributed by atoms with Crippen molar-refractivity contribution in [3.05, 3.63) is 46.1 Å². The molecule has 2 N–H and O–H groups in total. The first-order valence-corrected chi connectivity index (χ1v) is 10.3. The van der Waals surface area contributed by atoms with Crippen molar-refractivity contribution < 1.29 is 19.7 Å². The molecule has 0 bridgehead atoms. The van der Waals surface area contributed by atoms with Gasteiger partial charge >= 0.3 is 5.97 Å². The zero-order valence-electron chi connectivity index (χ0n) is 18.1. The van der Waals surface area contributed by atoms with Crippen LogP contribution in [0.1, 0.15) is 88.2 Å². The Balaban J connectivity index is 3.13. The number of unbranched alkanes of at least 4 members (excludes halogenated alkanes) is 2. The van der Waals surface area contributed by atoms with Crippen LogP contribution in [-0.2, 0) is 17.6 Å². The second-order valence-corrected chi connectivity index (χ2v) is 7.51. The number of phenolic OH excluding ortho intramolecular Hbond substituents is 2. The maximum atomic E-state index is 12.4. The minimum absolute atomic E-state index is 0.0328. The molecule has 0 saturated carbocycles. The molecule has 0 radical (unpaired) electrons. The van der Waals surface area contributed by atoms with Gasteiger partial charge in [0.1, 0.15) is 17.1 Å². The lowest BCUT2D eigenvalue weighted by atomic mass is 9.94. The average Bonchev–Trinajstić information content (AvgIpc) is 2.61. The van der Waals surface area contributed by atoms with Crippen LogP contribution in [0.3, 0.4) is 0 Å². The van der Waals surface area contributed by atoms with Gasteiger partial charge in [-0.3, -0.25) is 0 Å². The maximum Gasteiger partial charge on any atom is 0.342 e. The molecule has 0 aliphatic rings. The molecule has 156 valence electrons. The lowest BCUT2D eigenvalue weighted by molar-refractivity contribution is 0.0521. The van der Waals surface area contributed by atoms with Gasteiger partial charge in [0, 0.05) is 5.56 Å². The fourth-order valence-corrected chi connectivity index (χ4v) is 3.11. The van der Waals surface area contributed by atoms with E-state index < -0.39 is 5.97 Å². The Labute approximate surface area is 169 Å². The zero-order valence-corrected chi connectivity index (χ0v) is 18.1. The Morgan fingerprint density at radius 2 is 1.82 bits per heavy atom. The number of hydrogen-bond acceptors (Lipinski definition) is 4. The topological polar surface area (TPSA) is 66.8 Å². The van der Waals surface area contributed by atoms with Gasteiger partial charge in [0.25, 0.3) is 0 Å². The molecule has 1 aromatic carbocycles. The zero-order chi connectivity index (χ0) is 21.1. The second kappa shape index (κ2) is 12.3. The summed E-state index contributed by atoms with van der Waals surface area (Å²) in [5.41, 5.74) is 3.70. The van der Waals surface area contributed by atoms with E-state index in [2.05, 4.69) is 26.8 Å². The second-order valence-electron chi connectivity index (χ2n) is 7.51. The predicted octanol–water partition coefficient (Wildman–Crippen LogP) is 6.24. The number of rotatable bonds is 11. The highest BCUT2D eigenvalue weighted by atomic mass is 16.5. The van der Waals surface area contributed by atoms with Gasteiger partial charge < -0.3 is 14.9 Å². The number of phenols is 2. The maximum absolute atomic E-state index is 12.4. The van der Waals surface area contributed by atoms with Crippen LogP contribution in [0.25, 0.3) is 0 Å². The molecule has 4 nitrogen and oxygen atoms in total. The van der Waals surface area contributed by atoms with Gasteiger partial charge in [0.2, 0.25) is 0 Å². The van der Waals surface area contributed by atoms with E-state index in [0.29, 0.717) is 24.0 Å². The van der Waals surface area contributed by atoms with E-state index in [1.54, 1.807) is 13.0 Å². The van der Waals surface area contributed by atoms with Crippen molar-refractivity contribution in [1.82, 2.24) is 0 Å². The number of hydrogen-bond donors (Lipinski definition) is 2. The Morgan fingerprint density at radius 3 is 2.43 bits per heavy atom. The molecule has 0 aromatic heterocycles. The molecule has 1 rings (SSSR count). The van der Waals surface area contributed by atoms with Gasteiger partial charge in [-0.25, -0.2) is 4.79 Å². The minimum Gasteiger partial charge on any atom is -0.508 e. The molecule has 1 aromatic rings. The van der Waals surface area contributed by atoms with E-state index in [0.717, 1.165) is 32.1 Å². The van der Waals surface area contributed by atoms with Crippen molar-refractivity contribution in [2.24, 2.45) is 0 Å². The number of carbonyl (C=O) groups is 1. The number of aromatic hydroxyl groups is 2. The third-order valence-electron chi connectivity index (χ3n) is 4.74. The van der Waals surface area contributed by atoms with Gasteiger partial charge in [-0.2, -0.15) is 0 Å². The fraction of sp³-hybridized carbons (Fsp3) is 0.542. The summed E-state index contributed by atoms with van der Waals surface area (Å²) in [5, 5.41) is 21.2. The summed E-state index contributed by atoms with van der Waals surface area (Å²) >= 11 is 0. The van der Waals surface area contributed by atoms with Crippen LogP contribution in [0, 0.1) is 0 Å². The number of esters is 1. The van der Waals surface area contributed by atoms with E-state index in [1.807, 2.05) is 13.0 Å². The van der Waals surface area contributed by atoms with Crippen LogP contribution in [0.5, 0.6) is 11.5 Å². The molecular formula is C24H36O4. The number of benzene rings is 1. The number of allylic oxidation sites excluding steroid dienone is 4. The van der Waals surface area contributed by atoms with E-state index in [4.69, 9.17) is 4.74 Å². The predicted molar refractivity (Wildman–Crippen MR) is 115 cm³/mol. The van der Waals surface area contributed by atoms with Gasteiger partial charge in [0.15, 0.2) is 0 Å². The van der Waals surface area contributed by atoms with Crippen LogP contribution in [0.4, 0.5) is 0 Å². The van der Waals surface area contributed by atoms with Crippen LogP contribution in [-0.4, -0.2) is 22.8 Å². The Kier molecular flexibility index (Phi) is 10.4. The summed E-state index contributed by atoms with van der Waals surface area (Å²) in [6.07, 6.45) is 10.1. The lowest BCUT2D eigenvalue weighted by Gasteiger charge is -2.15. The van der Waals surface area contributed by atoms with Crippen LogP contribution in [0.15, 0.2) is 29.4 Å². The molecule has 0 heterocycles. The first-order chi connectivity index (χ1) is 13.3. The van der Waals surface area contributed by atoms with E-state index >= 15 is 0 Å². The average molecular weight is 389 g/mol. The summed E-state index contributed by atoms with van der Waals surface area (Å²) in [5.74, 6) is -0.652. The summed E-state index contributed by atoms with van der Waals surface area (Å²) in [7, 11) is 0. The standard InChI is InChI=1S/C24H36O4/c1-6-8-9-13-19-16-21(25)20(23(26)22(19)24(27)28-7-2)15-14-18(5)12-10-11-17(3)4/h11,14,16,25-26H,6-10,12-13,15H2,1-5H3. The lowest BCUT2D eigenvalue weighted by Crippen LogP contribution is -2.10. The van der Waals surface area contributed by atoms with E-state index in [1.165, 1.54) is 11.1 Å². The SMILES string of the molecule is CCCCCc1cc(O)c(CC=C(C)CCC=C(C)C)c(O)c1C(=O)OCC. The number of aryl methyl sites for hydroxylation is 1. The summed E-state index contributed by atoms with van der Waals surface area (Å²) in [4.78, 5) is 12.4. The third-order valence-corrected chi connectivity index (χ3v) is 4.74. The van der Waals surface area contributed by atoms with E-state index in [9.17, 15) is 15.0 Å². The van der Waals surface area contributed by atoms with Crippen LogP contribution < -0.4 is 0 Å². The molecule has 0 aliphatic heterocycles. The third kappa shape index (κ3) is 7.41. The molecule has 0 amide bonds. The summed E-state index contributed by atoms with van der Waals surface area (Å²) in [6.45, 7) is 10.3. The largest absolute Gasteiger partial charge is 0.508 e. The number of carbonyl (C=O) groups excluding carboxylic acids is 1. The van der Waals surface area contributed by atoms with Crippen molar-refractivity contribution in [3.63, 3.8) is 0 Å². The van der Waals surface area contributed by atoms with Crippen molar-refractivity contribution >= 4 is 5.97 Å². The molecular weight excluding hydrogens is 352 g/mol. The first-order valence-electron chi connectivity index (χ1n) is 10.3. The number of ether oxygens (including phenoxy) is 1. The molecule has 0 spiro atoms. The molecule has 0 atom stereocenters. The molecule has 0 aliphatic carbocycles. The van der Waals surface area contributed by atoms with Gasteiger partial charge in [-0.1, -0.05) is 43.1 Å². The molecule has 0 saturated heterocycles.